The number of ether oxygens (including phenoxy) is 1. The van der Waals surface area contributed by atoms with Crippen molar-refractivity contribution in [2.24, 2.45) is 0 Å². The number of aryl methyl sites for hydroxylation is 1. The Kier molecular flexibility index (Phi) is 4.64. The molecule has 0 saturated heterocycles. The maximum absolute atomic E-state index is 12.1. The molecule has 0 aliphatic rings. The molecule has 1 heterocycles. The van der Waals surface area contributed by atoms with Crippen molar-refractivity contribution in [2.45, 2.75) is 18.4 Å². The lowest BCUT2D eigenvalue weighted by Gasteiger charge is -2.08. The number of nitrogens with zero attached hydrogens (tertiary/aromatic N) is 1. The molecule has 1 N–H and O–H groups in total. The van der Waals surface area contributed by atoms with Gasteiger partial charge < -0.3 is 4.74 Å². The summed E-state index contributed by atoms with van der Waals surface area (Å²) < 4.78 is 31.7. The highest BCUT2D eigenvalue weighted by atomic mass is 35.5. The van der Waals surface area contributed by atoms with Gasteiger partial charge in [-0.1, -0.05) is 11.6 Å². The van der Waals surface area contributed by atoms with E-state index in [9.17, 15) is 8.42 Å². The van der Waals surface area contributed by atoms with E-state index in [1.54, 1.807) is 0 Å². The fourth-order valence-corrected chi connectivity index (χ4v) is 3.52. The third kappa shape index (κ3) is 3.49. The van der Waals surface area contributed by atoms with E-state index in [0.717, 1.165) is 5.01 Å². The summed E-state index contributed by atoms with van der Waals surface area (Å²) in [5, 5.41) is 2.96. The van der Waals surface area contributed by atoms with Gasteiger partial charge in [-0.05, 0) is 25.1 Å². The molecule has 1 aromatic heterocycles. The van der Waals surface area contributed by atoms with Gasteiger partial charge in [-0.15, -0.1) is 11.3 Å². The summed E-state index contributed by atoms with van der Waals surface area (Å²) in [4.78, 5) is 4.29. The van der Waals surface area contributed by atoms with Crippen LogP contribution >= 0.6 is 22.9 Å². The summed E-state index contributed by atoms with van der Waals surface area (Å²) in [7, 11) is -2.15. The van der Waals surface area contributed by atoms with Crippen LogP contribution in [0.3, 0.4) is 0 Å². The molecule has 2 rings (SSSR count). The van der Waals surface area contributed by atoms with E-state index in [-0.39, 0.29) is 16.5 Å². The molecular weight excluding hydrogens is 320 g/mol. The molecule has 0 aliphatic carbocycles. The summed E-state index contributed by atoms with van der Waals surface area (Å²) in [6.45, 7) is 2.02. The molecule has 108 valence electrons. The van der Waals surface area contributed by atoms with Crippen molar-refractivity contribution in [3.8, 4) is 5.75 Å². The first-order valence-electron chi connectivity index (χ1n) is 5.66. The number of benzene rings is 1. The second-order valence-electron chi connectivity index (χ2n) is 3.98. The molecule has 0 fully saturated rings. The van der Waals surface area contributed by atoms with Gasteiger partial charge in [-0.3, -0.25) is 0 Å². The molecule has 0 spiro atoms. The number of thiazole rings is 1. The van der Waals surface area contributed by atoms with Crippen molar-refractivity contribution in [1.29, 1.82) is 0 Å². The molecule has 0 atom stereocenters. The zero-order valence-electron chi connectivity index (χ0n) is 10.9. The van der Waals surface area contributed by atoms with Crippen LogP contribution in [0.15, 0.2) is 28.5 Å². The van der Waals surface area contributed by atoms with E-state index < -0.39 is 10.0 Å². The summed E-state index contributed by atoms with van der Waals surface area (Å²) in [5.41, 5.74) is 0.690. The van der Waals surface area contributed by atoms with Crippen molar-refractivity contribution >= 4 is 33.0 Å². The summed E-state index contributed by atoms with van der Waals surface area (Å²) in [5.74, 6) is 0.431. The number of halogens is 1. The maximum Gasteiger partial charge on any atom is 0.240 e. The molecule has 0 unspecified atom stereocenters. The molecular formula is C12H13ClN2O3S2. The van der Waals surface area contributed by atoms with Gasteiger partial charge >= 0.3 is 0 Å². The molecule has 0 bridgehead atoms. The van der Waals surface area contributed by atoms with Crippen LogP contribution in [-0.4, -0.2) is 20.5 Å². The highest BCUT2D eigenvalue weighted by Gasteiger charge is 2.16. The van der Waals surface area contributed by atoms with Crippen LogP contribution < -0.4 is 9.46 Å². The molecule has 8 heteroatoms. The van der Waals surface area contributed by atoms with Crippen LogP contribution in [-0.2, 0) is 16.6 Å². The van der Waals surface area contributed by atoms with E-state index in [1.807, 2.05) is 12.3 Å². The van der Waals surface area contributed by atoms with Gasteiger partial charge in [-0.2, -0.15) is 0 Å². The van der Waals surface area contributed by atoms with Gasteiger partial charge in [0.2, 0.25) is 10.0 Å². The van der Waals surface area contributed by atoms with E-state index in [1.165, 1.54) is 36.6 Å². The Morgan fingerprint density at radius 1 is 1.45 bits per heavy atom. The average Bonchev–Trinajstić information content (AvgIpc) is 2.82. The topological polar surface area (TPSA) is 68.3 Å². The number of aromatic nitrogens is 1. The molecule has 2 aromatic rings. The number of nitrogens with one attached hydrogen (secondary N) is 1. The number of hydrogen-bond acceptors (Lipinski definition) is 5. The normalized spacial score (nSPS) is 11.6. The van der Waals surface area contributed by atoms with Gasteiger partial charge in [0.25, 0.3) is 0 Å². The Bertz CT molecular complexity index is 713. The molecule has 5 nitrogen and oxygen atoms in total. The van der Waals surface area contributed by atoms with Crippen LogP contribution in [0.2, 0.25) is 5.02 Å². The Labute approximate surface area is 126 Å². The number of methoxy groups -OCH3 is 1. The van der Waals surface area contributed by atoms with Crippen LogP contribution in [0.1, 0.15) is 10.7 Å². The Morgan fingerprint density at radius 3 is 2.75 bits per heavy atom. The summed E-state index contributed by atoms with van der Waals surface area (Å²) in [6.07, 6.45) is 0. The number of rotatable bonds is 5. The van der Waals surface area contributed by atoms with Crippen molar-refractivity contribution in [1.82, 2.24) is 9.71 Å². The standard InChI is InChI=1S/C12H13ClN2O3S2/c1-8-15-9(7-19-8)6-14-20(16,17)10-3-4-12(18-2)11(13)5-10/h3-5,7,14H,6H2,1-2H3. The lowest BCUT2D eigenvalue weighted by Crippen LogP contribution is -2.23. The van der Waals surface area contributed by atoms with E-state index in [0.29, 0.717) is 11.4 Å². The molecule has 0 aliphatic heterocycles. The quantitative estimate of drug-likeness (QED) is 0.913. The molecule has 0 saturated carbocycles. The second-order valence-corrected chi connectivity index (χ2v) is 7.22. The minimum absolute atomic E-state index is 0.0928. The zero-order chi connectivity index (χ0) is 14.8. The lowest BCUT2D eigenvalue weighted by molar-refractivity contribution is 0.414. The molecule has 0 amide bonds. The largest absolute Gasteiger partial charge is 0.495 e. The predicted octanol–water partition coefficient (Wildman–Crippen LogP) is 2.59. The first kappa shape index (κ1) is 15.2. The van der Waals surface area contributed by atoms with E-state index >= 15 is 0 Å². The van der Waals surface area contributed by atoms with Gasteiger partial charge in [0.1, 0.15) is 5.75 Å². The van der Waals surface area contributed by atoms with Crippen LogP contribution in [0.25, 0.3) is 0 Å². The Balaban J connectivity index is 2.15. The van der Waals surface area contributed by atoms with E-state index in [4.69, 9.17) is 16.3 Å². The number of sulfonamides is 1. The fraction of sp³-hybridized carbons (Fsp3) is 0.250. The van der Waals surface area contributed by atoms with Crippen LogP contribution in [0, 0.1) is 6.92 Å². The molecule has 0 radical (unpaired) electrons. The summed E-state index contributed by atoms with van der Waals surface area (Å²) >= 11 is 7.40. The third-order valence-corrected chi connectivity index (χ3v) is 5.06. The zero-order valence-corrected chi connectivity index (χ0v) is 13.3. The van der Waals surface area contributed by atoms with E-state index in [2.05, 4.69) is 9.71 Å². The van der Waals surface area contributed by atoms with Gasteiger partial charge in [-0.25, -0.2) is 18.1 Å². The third-order valence-electron chi connectivity index (χ3n) is 2.54. The second kappa shape index (κ2) is 6.09. The average molecular weight is 333 g/mol. The van der Waals surface area contributed by atoms with Crippen molar-refractivity contribution in [3.05, 3.63) is 39.3 Å². The van der Waals surface area contributed by atoms with Gasteiger partial charge in [0, 0.05) is 5.38 Å². The molecule has 1 aromatic carbocycles. The highest BCUT2D eigenvalue weighted by molar-refractivity contribution is 7.89. The van der Waals surface area contributed by atoms with Crippen molar-refractivity contribution in [3.63, 3.8) is 0 Å². The van der Waals surface area contributed by atoms with Gasteiger partial charge in [0.15, 0.2) is 0 Å². The minimum Gasteiger partial charge on any atom is -0.495 e. The smallest absolute Gasteiger partial charge is 0.240 e. The first-order chi connectivity index (χ1) is 9.42. The summed E-state index contributed by atoms with van der Waals surface area (Å²) in [6, 6.07) is 4.32. The predicted molar refractivity (Wildman–Crippen MR) is 78.9 cm³/mol. The monoisotopic (exact) mass is 332 g/mol. The number of hydrogen-bond donors (Lipinski definition) is 1. The van der Waals surface area contributed by atoms with Crippen molar-refractivity contribution < 1.29 is 13.2 Å². The van der Waals surface area contributed by atoms with Crippen LogP contribution in [0.5, 0.6) is 5.75 Å². The SMILES string of the molecule is COc1ccc(S(=O)(=O)NCc2csc(C)n2)cc1Cl. The highest BCUT2D eigenvalue weighted by Crippen LogP contribution is 2.26. The fourth-order valence-electron chi connectivity index (χ4n) is 1.56. The maximum atomic E-state index is 12.1. The molecule has 20 heavy (non-hydrogen) atoms. The lowest BCUT2D eigenvalue weighted by atomic mass is 10.3. The Morgan fingerprint density at radius 2 is 2.20 bits per heavy atom. The van der Waals surface area contributed by atoms with Crippen LogP contribution in [0.4, 0.5) is 0 Å². The first-order valence-corrected chi connectivity index (χ1v) is 8.40. The van der Waals surface area contributed by atoms with Gasteiger partial charge in [0.05, 0.1) is 34.3 Å². The van der Waals surface area contributed by atoms with Crippen molar-refractivity contribution in [2.75, 3.05) is 7.11 Å². The Hall–Kier alpha value is -1.15. The minimum atomic E-state index is -3.62.